The maximum absolute atomic E-state index is 2.58. The van der Waals surface area contributed by atoms with Crippen LogP contribution in [0.3, 0.4) is 0 Å². The fourth-order valence-corrected chi connectivity index (χ4v) is 15.1. The van der Waals surface area contributed by atoms with Crippen molar-refractivity contribution in [2.24, 2.45) is 0 Å². The molecule has 384 valence electrons. The first-order valence-electron chi connectivity index (χ1n) is 28.6. The van der Waals surface area contributed by atoms with Crippen molar-refractivity contribution >= 4 is 34.1 Å². The van der Waals surface area contributed by atoms with Crippen molar-refractivity contribution in [3.63, 3.8) is 0 Å². The quantitative estimate of drug-likeness (QED) is 0.150. The van der Waals surface area contributed by atoms with Gasteiger partial charge < -0.3 is 9.80 Å². The molecule has 0 bridgehead atoms. The van der Waals surface area contributed by atoms with Crippen molar-refractivity contribution in [3.8, 4) is 66.8 Å². The van der Waals surface area contributed by atoms with Gasteiger partial charge >= 0.3 is 0 Å². The smallest absolute Gasteiger partial charge is 0.0727 e. The number of hydrogen-bond acceptors (Lipinski definition) is 2. The van der Waals surface area contributed by atoms with Crippen LogP contribution < -0.4 is 9.80 Å². The lowest BCUT2D eigenvalue weighted by atomic mass is 9.70. The van der Waals surface area contributed by atoms with E-state index < -0.39 is 5.41 Å². The van der Waals surface area contributed by atoms with Crippen LogP contribution in [0, 0.1) is 0 Å². The molecule has 0 aromatic heterocycles. The van der Waals surface area contributed by atoms with Crippen molar-refractivity contribution in [2.75, 3.05) is 9.80 Å². The summed E-state index contributed by atoms with van der Waals surface area (Å²) in [5.41, 5.74) is 31.5. The number of anilines is 6. The maximum atomic E-state index is 2.58. The van der Waals surface area contributed by atoms with E-state index in [0.717, 1.165) is 22.7 Å². The Morgan fingerprint density at radius 3 is 0.827 bits per heavy atom. The molecular formula is C79H58N2. The van der Waals surface area contributed by atoms with Crippen molar-refractivity contribution in [2.45, 2.75) is 43.9 Å². The summed E-state index contributed by atoms with van der Waals surface area (Å²) in [6, 6.07) is 105. The molecule has 4 aliphatic rings. The van der Waals surface area contributed by atoms with E-state index in [1.807, 2.05) is 0 Å². The van der Waals surface area contributed by atoms with E-state index in [-0.39, 0.29) is 10.8 Å². The Balaban J connectivity index is 0.957. The summed E-state index contributed by atoms with van der Waals surface area (Å²) < 4.78 is 0. The monoisotopic (exact) mass is 1030 g/mol. The minimum Gasteiger partial charge on any atom is -0.309 e. The van der Waals surface area contributed by atoms with Gasteiger partial charge in [0.2, 0.25) is 0 Å². The van der Waals surface area contributed by atoms with Crippen LogP contribution in [0.2, 0.25) is 0 Å². The first-order valence-corrected chi connectivity index (χ1v) is 28.6. The molecule has 0 fully saturated rings. The van der Waals surface area contributed by atoms with Crippen molar-refractivity contribution < 1.29 is 0 Å². The summed E-state index contributed by atoms with van der Waals surface area (Å²) in [5, 5.41) is 0. The van der Waals surface area contributed by atoms with Gasteiger partial charge in [0.05, 0.1) is 28.2 Å². The van der Waals surface area contributed by atoms with E-state index in [1.165, 1.54) is 123 Å². The molecule has 12 aromatic carbocycles. The summed E-state index contributed by atoms with van der Waals surface area (Å²) in [5.74, 6) is 0. The van der Waals surface area contributed by atoms with Crippen LogP contribution in [0.15, 0.2) is 279 Å². The Kier molecular flexibility index (Phi) is 10.3. The molecule has 1 spiro atoms. The largest absolute Gasteiger partial charge is 0.309 e. The Hall–Kier alpha value is -9.76. The third kappa shape index (κ3) is 6.62. The van der Waals surface area contributed by atoms with E-state index >= 15 is 0 Å². The van der Waals surface area contributed by atoms with Crippen LogP contribution in [-0.2, 0) is 16.2 Å². The molecular weight excluding hydrogens is 977 g/mol. The molecule has 2 heteroatoms. The van der Waals surface area contributed by atoms with Gasteiger partial charge in [0, 0.05) is 44.5 Å². The van der Waals surface area contributed by atoms with Crippen molar-refractivity contribution in [1.82, 2.24) is 0 Å². The predicted octanol–water partition coefficient (Wildman–Crippen LogP) is 20.9. The molecule has 0 atom stereocenters. The molecule has 0 unspecified atom stereocenters. The van der Waals surface area contributed by atoms with E-state index in [4.69, 9.17) is 0 Å². The van der Waals surface area contributed by atoms with Gasteiger partial charge in [-0.1, -0.05) is 258 Å². The van der Waals surface area contributed by atoms with Gasteiger partial charge in [-0.05, 0) is 138 Å². The highest BCUT2D eigenvalue weighted by atomic mass is 15.2. The van der Waals surface area contributed by atoms with Crippen LogP contribution in [0.5, 0.6) is 0 Å². The fourth-order valence-electron chi connectivity index (χ4n) is 15.1. The summed E-state index contributed by atoms with van der Waals surface area (Å²) in [4.78, 5) is 5.16. The van der Waals surface area contributed by atoms with Crippen LogP contribution in [0.4, 0.5) is 34.1 Å². The second kappa shape index (κ2) is 17.6. The number of fused-ring (bicyclic) bond motifs is 16. The first kappa shape index (κ1) is 47.3. The average Bonchev–Trinajstić information content (AvgIpc) is 1.86. The highest BCUT2D eigenvalue weighted by Gasteiger charge is 2.54. The predicted molar refractivity (Wildman–Crippen MR) is 338 cm³/mol. The Bertz CT molecular complexity index is 4220. The van der Waals surface area contributed by atoms with Crippen LogP contribution in [0.1, 0.15) is 72.2 Å². The molecule has 4 aliphatic carbocycles. The molecule has 16 rings (SSSR count). The third-order valence-corrected chi connectivity index (χ3v) is 18.7. The number of hydrogen-bond donors (Lipinski definition) is 0. The molecule has 81 heavy (non-hydrogen) atoms. The minimum atomic E-state index is -0.643. The van der Waals surface area contributed by atoms with Gasteiger partial charge in [0.25, 0.3) is 0 Å². The molecule has 12 aromatic rings. The molecule has 0 aliphatic heterocycles. The van der Waals surface area contributed by atoms with Gasteiger partial charge in [-0.25, -0.2) is 0 Å². The Morgan fingerprint density at radius 2 is 0.469 bits per heavy atom. The zero-order valence-corrected chi connectivity index (χ0v) is 46.0. The first-order chi connectivity index (χ1) is 39.7. The summed E-state index contributed by atoms with van der Waals surface area (Å²) >= 11 is 0. The third-order valence-electron chi connectivity index (χ3n) is 18.7. The molecule has 0 saturated heterocycles. The van der Waals surface area contributed by atoms with Crippen LogP contribution in [-0.4, -0.2) is 0 Å². The highest BCUT2D eigenvalue weighted by Crippen LogP contribution is 2.67. The lowest BCUT2D eigenvalue weighted by Crippen LogP contribution is -2.26. The number of rotatable bonds is 8. The van der Waals surface area contributed by atoms with E-state index in [2.05, 4.69) is 317 Å². The molecule has 0 saturated carbocycles. The van der Waals surface area contributed by atoms with Gasteiger partial charge in [-0.3, -0.25) is 0 Å². The lowest BCUT2D eigenvalue weighted by Gasteiger charge is -2.33. The Labute approximate surface area is 475 Å². The highest BCUT2D eigenvalue weighted by molar-refractivity contribution is 6.07. The standard InChI is InChI=1S/C79H58N2/c1-77(2)61-31-15-11-27-57(61)73-65(77)35-19-39-69(73)80(55-47-43-53(44-48-55)51-23-7-5-8-24-51)71-41-21-37-67-75(71)59-29-13-17-33-63(59)79(67)64-34-18-14-30-60(64)76-68(79)38-22-42-72(76)81(56-49-45-54(46-50-56)52-25-9-6-10-26-52)70-40-20-36-66-74(70)58-28-12-16-32-62(58)78(66,3)4/h5-50H,1-4H3. The minimum absolute atomic E-state index is 0.174. The molecule has 0 radical (unpaired) electrons. The van der Waals surface area contributed by atoms with Crippen molar-refractivity contribution in [3.05, 3.63) is 324 Å². The normalized spacial score (nSPS) is 14.5. The van der Waals surface area contributed by atoms with Gasteiger partial charge in [-0.2, -0.15) is 0 Å². The van der Waals surface area contributed by atoms with Crippen LogP contribution in [0.25, 0.3) is 66.8 Å². The summed E-state index contributed by atoms with van der Waals surface area (Å²) in [7, 11) is 0. The molecule has 0 heterocycles. The maximum Gasteiger partial charge on any atom is 0.0727 e. The van der Waals surface area contributed by atoms with E-state index in [9.17, 15) is 0 Å². The molecule has 2 nitrogen and oxygen atoms in total. The molecule has 0 N–H and O–H groups in total. The van der Waals surface area contributed by atoms with Gasteiger partial charge in [0.15, 0.2) is 0 Å². The summed E-state index contributed by atoms with van der Waals surface area (Å²) in [6.45, 7) is 9.54. The zero-order valence-electron chi connectivity index (χ0n) is 46.0. The van der Waals surface area contributed by atoms with Crippen LogP contribution >= 0.6 is 0 Å². The molecule has 0 amide bonds. The second-order valence-corrected chi connectivity index (χ2v) is 23.5. The fraction of sp³-hybridized carbons (Fsp3) is 0.0886. The Morgan fingerprint density at radius 1 is 0.210 bits per heavy atom. The van der Waals surface area contributed by atoms with Gasteiger partial charge in [0.1, 0.15) is 0 Å². The average molecular weight is 1040 g/mol. The number of nitrogens with zero attached hydrogens (tertiary/aromatic N) is 2. The lowest BCUT2D eigenvalue weighted by molar-refractivity contribution is 0.660. The summed E-state index contributed by atoms with van der Waals surface area (Å²) in [6.07, 6.45) is 0. The topological polar surface area (TPSA) is 6.48 Å². The van der Waals surface area contributed by atoms with E-state index in [0.29, 0.717) is 0 Å². The SMILES string of the molecule is CC1(C)c2ccccc2-c2c(N(c3ccc(-c4ccccc4)cc3)c3cccc4c3-c3ccccc3C43c4ccccc4-c4c(N(c5ccc(-c6ccccc6)cc5)c5cccc6c5-c5ccccc5C6(C)C)cccc43)cccc21. The zero-order chi connectivity index (χ0) is 54.2. The van der Waals surface area contributed by atoms with Crippen molar-refractivity contribution in [1.29, 1.82) is 0 Å². The number of benzene rings is 12. The second-order valence-electron chi connectivity index (χ2n) is 23.5. The van der Waals surface area contributed by atoms with E-state index in [1.54, 1.807) is 0 Å². The van der Waals surface area contributed by atoms with Gasteiger partial charge in [-0.15, -0.1) is 0 Å².